The summed E-state index contributed by atoms with van der Waals surface area (Å²) in [7, 11) is 1.67. The van der Waals surface area contributed by atoms with Crippen LogP contribution in [0.4, 0.5) is 0 Å². The fourth-order valence-electron chi connectivity index (χ4n) is 4.72. The monoisotopic (exact) mass is 467 g/mol. The van der Waals surface area contributed by atoms with E-state index in [1.54, 1.807) is 19.2 Å². The second kappa shape index (κ2) is 10.1. The first-order valence-corrected chi connectivity index (χ1v) is 11.9. The molecule has 1 aromatic heterocycles. The van der Waals surface area contributed by atoms with Crippen molar-refractivity contribution in [3.05, 3.63) is 102 Å². The first-order valence-electron chi connectivity index (χ1n) is 11.9. The van der Waals surface area contributed by atoms with Crippen molar-refractivity contribution < 1.29 is 14.6 Å². The summed E-state index contributed by atoms with van der Waals surface area (Å²) in [6.45, 7) is 2.21. The second-order valence-electron chi connectivity index (χ2n) is 8.95. The minimum absolute atomic E-state index is 0.0716. The van der Waals surface area contributed by atoms with E-state index in [4.69, 9.17) is 4.74 Å². The van der Waals surface area contributed by atoms with Crippen LogP contribution in [-0.2, 0) is 6.54 Å². The van der Waals surface area contributed by atoms with Gasteiger partial charge in [0.15, 0.2) is 0 Å². The molecule has 178 valence electrons. The Balaban J connectivity index is 1.20. The number of hydrogen-bond donors (Lipinski definition) is 1. The van der Waals surface area contributed by atoms with E-state index in [0.717, 1.165) is 55.2 Å². The van der Waals surface area contributed by atoms with Crippen LogP contribution in [0.5, 0.6) is 11.5 Å². The molecule has 1 fully saturated rings. The first kappa shape index (κ1) is 22.7. The quantitative estimate of drug-likeness (QED) is 0.416. The number of carbonyl (C=O) groups excluding carboxylic acids is 1. The van der Waals surface area contributed by atoms with E-state index in [1.165, 1.54) is 5.56 Å². The molecule has 1 aliphatic heterocycles. The number of piperidine rings is 1. The van der Waals surface area contributed by atoms with Crippen LogP contribution in [-0.4, -0.2) is 45.7 Å². The Kier molecular flexibility index (Phi) is 6.53. The van der Waals surface area contributed by atoms with Crippen molar-refractivity contribution in [2.45, 2.75) is 25.3 Å². The topological polar surface area (TPSA) is 67.6 Å². The standard InChI is InChI=1S/C29H29N3O3/c1-35-27-12-2-21(3-13-27)20-32-19-16-30-28(32)24-14-17-31(18-15-24)29(34)25-6-4-22(5-7-25)23-8-10-26(33)11-9-23/h2-13,16,19,24,33H,14-15,17-18,20H2,1H3. The Morgan fingerprint density at radius 1 is 0.943 bits per heavy atom. The SMILES string of the molecule is COc1ccc(Cn2ccnc2C2CCN(C(=O)c3ccc(-c4ccc(O)cc4)cc3)CC2)cc1. The van der Waals surface area contributed by atoms with Crippen LogP contribution in [0.1, 0.15) is 40.5 Å². The summed E-state index contributed by atoms with van der Waals surface area (Å²) in [5.41, 5.74) is 3.93. The molecule has 0 bridgehead atoms. The largest absolute Gasteiger partial charge is 0.508 e. The molecule has 3 aromatic carbocycles. The van der Waals surface area contributed by atoms with Gasteiger partial charge in [-0.25, -0.2) is 4.98 Å². The summed E-state index contributed by atoms with van der Waals surface area (Å²) >= 11 is 0. The highest BCUT2D eigenvalue weighted by Crippen LogP contribution is 2.29. The van der Waals surface area contributed by atoms with Crippen molar-refractivity contribution in [1.82, 2.24) is 14.5 Å². The lowest BCUT2D eigenvalue weighted by Gasteiger charge is -2.32. The molecule has 1 saturated heterocycles. The second-order valence-corrected chi connectivity index (χ2v) is 8.95. The summed E-state index contributed by atoms with van der Waals surface area (Å²) in [6.07, 6.45) is 5.70. The van der Waals surface area contributed by atoms with E-state index >= 15 is 0 Å². The number of aromatic nitrogens is 2. The summed E-state index contributed by atoms with van der Waals surface area (Å²) in [4.78, 5) is 19.7. The molecule has 2 heterocycles. The highest BCUT2D eigenvalue weighted by molar-refractivity contribution is 5.94. The lowest BCUT2D eigenvalue weighted by molar-refractivity contribution is 0.0710. The van der Waals surface area contributed by atoms with Crippen molar-refractivity contribution in [3.8, 4) is 22.6 Å². The van der Waals surface area contributed by atoms with E-state index < -0.39 is 0 Å². The molecule has 1 aliphatic rings. The zero-order valence-corrected chi connectivity index (χ0v) is 19.8. The normalized spacial score (nSPS) is 14.1. The number of hydrogen-bond acceptors (Lipinski definition) is 4. The molecule has 35 heavy (non-hydrogen) atoms. The van der Waals surface area contributed by atoms with E-state index in [1.807, 2.05) is 65.8 Å². The number of rotatable bonds is 6. The van der Waals surface area contributed by atoms with Gasteiger partial charge in [-0.1, -0.05) is 36.4 Å². The van der Waals surface area contributed by atoms with Gasteiger partial charge in [-0.2, -0.15) is 0 Å². The summed E-state index contributed by atoms with van der Waals surface area (Å²) in [5.74, 6) is 2.59. The van der Waals surface area contributed by atoms with Crippen LogP contribution >= 0.6 is 0 Å². The number of phenols is 1. The lowest BCUT2D eigenvalue weighted by atomic mass is 9.95. The van der Waals surface area contributed by atoms with Gasteiger partial charge >= 0.3 is 0 Å². The maximum absolute atomic E-state index is 13.1. The fourth-order valence-corrected chi connectivity index (χ4v) is 4.72. The number of phenolic OH excluding ortho intramolecular Hbond substituents is 1. The maximum Gasteiger partial charge on any atom is 0.253 e. The number of benzene rings is 3. The molecule has 0 spiro atoms. The zero-order chi connectivity index (χ0) is 24.2. The van der Waals surface area contributed by atoms with Gasteiger partial charge in [0.25, 0.3) is 5.91 Å². The molecule has 0 atom stereocenters. The van der Waals surface area contributed by atoms with Crippen LogP contribution < -0.4 is 4.74 Å². The van der Waals surface area contributed by atoms with Crippen LogP contribution in [0.3, 0.4) is 0 Å². The maximum atomic E-state index is 13.1. The molecule has 1 amide bonds. The van der Waals surface area contributed by atoms with Gasteiger partial charge in [0, 0.05) is 43.5 Å². The van der Waals surface area contributed by atoms with Gasteiger partial charge in [0.1, 0.15) is 17.3 Å². The summed E-state index contributed by atoms with van der Waals surface area (Å²) in [6, 6.07) is 22.9. The van der Waals surface area contributed by atoms with Crippen LogP contribution in [0.2, 0.25) is 0 Å². The van der Waals surface area contributed by atoms with Crippen molar-refractivity contribution >= 4 is 5.91 Å². The molecule has 0 radical (unpaired) electrons. The average Bonchev–Trinajstić information content (AvgIpc) is 3.37. The molecule has 1 N–H and O–H groups in total. The highest BCUT2D eigenvalue weighted by Gasteiger charge is 2.27. The number of amides is 1. The fraction of sp³-hybridized carbons (Fsp3) is 0.241. The third kappa shape index (κ3) is 5.06. The van der Waals surface area contributed by atoms with Gasteiger partial charge in [-0.15, -0.1) is 0 Å². The van der Waals surface area contributed by atoms with Gasteiger partial charge in [-0.05, 0) is 65.9 Å². The lowest BCUT2D eigenvalue weighted by Crippen LogP contribution is -2.38. The number of methoxy groups -OCH3 is 1. The van der Waals surface area contributed by atoms with Crippen molar-refractivity contribution in [2.75, 3.05) is 20.2 Å². The van der Waals surface area contributed by atoms with E-state index in [0.29, 0.717) is 11.5 Å². The molecule has 5 rings (SSSR count). The first-order chi connectivity index (χ1) is 17.1. The summed E-state index contributed by atoms with van der Waals surface area (Å²) in [5, 5.41) is 9.48. The molecular weight excluding hydrogens is 438 g/mol. The Morgan fingerprint density at radius 2 is 1.57 bits per heavy atom. The Morgan fingerprint density at radius 3 is 2.20 bits per heavy atom. The van der Waals surface area contributed by atoms with Crippen LogP contribution in [0, 0.1) is 0 Å². The van der Waals surface area contributed by atoms with Crippen molar-refractivity contribution in [2.24, 2.45) is 0 Å². The zero-order valence-electron chi connectivity index (χ0n) is 19.8. The number of aromatic hydroxyl groups is 1. The molecular formula is C29H29N3O3. The smallest absolute Gasteiger partial charge is 0.253 e. The molecule has 0 unspecified atom stereocenters. The van der Waals surface area contributed by atoms with E-state index in [2.05, 4.69) is 21.7 Å². The van der Waals surface area contributed by atoms with Crippen LogP contribution in [0.25, 0.3) is 11.1 Å². The van der Waals surface area contributed by atoms with Gasteiger partial charge < -0.3 is 19.3 Å². The number of likely N-dealkylation sites (tertiary alicyclic amines) is 1. The van der Waals surface area contributed by atoms with Crippen molar-refractivity contribution in [1.29, 1.82) is 0 Å². The minimum Gasteiger partial charge on any atom is -0.508 e. The third-order valence-electron chi connectivity index (χ3n) is 6.74. The highest BCUT2D eigenvalue weighted by atomic mass is 16.5. The number of nitrogens with zero attached hydrogens (tertiary/aromatic N) is 3. The third-order valence-corrected chi connectivity index (χ3v) is 6.74. The Hall–Kier alpha value is -4.06. The predicted molar refractivity (Wildman–Crippen MR) is 136 cm³/mol. The summed E-state index contributed by atoms with van der Waals surface area (Å²) < 4.78 is 7.47. The average molecular weight is 468 g/mol. The Bertz CT molecular complexity index is 1270. The number of ether oxygens (including phenoxy) is 1. The minimum atomic E-state index is 0.0716. The molecule has 6 nitrogen and oxygen atoms in total. The van der Waals surface area contributed by atoms with E-state index in [-0.39, 0.29) is 11.7 Å². The van der Waals surface area contributed by atoms with Gasteiger partial charge in [0.2, 0.25) is 0 Å². The number of carbonyl (C=O) groups is 1. The number of imidazole rings is 1. The molecule has 0 saturated carbocycles. The van der Waals surface area contributed by atoms with Gasteiger partial charge in [-0.3, -0.25) is 4.79 Å². The van der Waals surface area contributed by atoms with Crippen LogP contribution in [0.15, 0.2) is 85.2 Å². The predicted octanol–water partition coefficient (Wildman–Crippen LogP) is 5.33. The van der Waals surface area contributed by atoms with Gasteiger partial charge in [0.05, 0.1) is 7.11 Å². The molecule has 0 aliphatic carbocycles. The molecule has 6 heteroatoms. The van der Waals surface area contributed by atoms with E-state index in [9.17, 15) is 9.90 Å². The Labute approximate surface area is 205 Å². The molecule has 4 aromatic rings. The van der Waals surface area contributed by atoms with Crippen molar-refractivity contribution in [3.63, 3.8) is 0 Å².